The molecule has 0 bridgehead atoms. The zero-order valence-electron chi connectivity index (χ0n) is 19.5. The van der Waals surface area contributed by atoms with Gasteiger partial charge in [-0.3, -0.25) is 0 Å². The third-order valence-corrected chi connectivity index (χ3v) is 4.98. The van der Waals surface area contributed by atoms with Gasteiger partial charge >= 0.3 is 12.3 Å². The molecule has 0 atom stereocenters. The molecular weight excluding hydrogens is 408 g/mol. The number of ether oxygens (including phenoxy) is 4. The molecule has 6 heteroatoms. The fourth-order valence-corrected chi connectivity index (χ4v) is 3.28. The van der Waals surface area contributed by atoms with E-state index in [9.17, 15) is 9.59 Å². The summed E-state index contributed by atoms with van der Waals surface area (Å²) in [6, 6.07) is 11.2. The Morgan fingerprint density at radius 3 is 1.41 bits per heavy atom. The highest BCUT2D eigenvalue weighted by Crippen LogP contribution is 2.44. The third kappa shape index (κ3) is 5.31. The first-order valence-electron chi connectivity index (χ1n) is 10.8. The van der Waals surface area contributed by atoms with Crippen LogP contribution in [0, 0.1) is 25.7 Å². The number of rotatable bonds is 6. The zero-order chi connectivity index (χ0) is 23.4. The molecule has 0 saturated carbocycles. The second kappa shape index (κ2) is 9.90. The highest BCUT2D eigenvalue weighted by molar-refractivity contribution is 6.12. The van der Waals surface area contributed by atoms with Gasteiger partial charge in [0, 0.05) is 21.5 Å². The molecule has 0 aromatic heterocycles. The van der Waals surface area contributed by atoms with Gasteiger partial charge in [-0.05, 0) is 48.9 Å². The molecule has 6 nitrogen and oxygen atoms in total. The molecule has 3 aromatic carbocycles. The molecule has 0 spiro atoms. The third-order valence-electron chi connectivity index (χ3n) is 4.98. The SMILES string of the molecule is Cc1cc2c(OC(=O)OCC(C)C)c3ccccc3c(OC(=O)OCC(C)C)c2cc1C. The molecule has 0 amide bonds. The molecule has 3 rings (SSSR count). The lowest BCUT2D eigenvalue weighted by atomic mass is 9.96. The van der Waals surface area contributed by atoms with Gasteiger partial charge in [0.15, 0.2) is 0 Å². The van der Waals surface area contributed by atoms with E-state index < -0.39 is 12.3 Å². The molecule has 0 N–H and O–H groups in total. The van der Waals surface area contributed by atoms with Crippen molar-refractivity contribution in [2.45, 2.75) is 41.5 Å². The van der Waals surface area contributed by atoms with Crippen LogP contribution in [0.1, 0.15) is 38.8 Å². The van der Waals surface area contributed by atoms with Crippen LogP contribution in [0.25, 0.3) is 21.5 Å². The van der Waals surface area contributed by atoms with E-state index in [1.165, 1.54) is 0 Å². The van der Waals surface area contributed by atoms with E-state index in [0.29, 0.717) is 33.0 Å². The first-order valence-corrected chi connectivity index (χ1v) is 10.8. The average Bonchev–Trinajstić information content (AvgIpc) is 2.74. The van der Waals surface area contributed by atoms with Crippen molar-refractivity contribution in [2.24, 2.45) is 11.8 Å². The van der Waals surface area contributed by atoms with E-state index in [0.717, 1.165) is 11.1 Å². The van der Waals surface area contributed by atoms with Gasteiger partial charge in [0.2, 0.25) is 0 Å². The van der Waals surface area contributed by atoms with Gasteiger partial charge in [0.05, 0.1) is 13.2 Å². The molecule has 0 heterocycles. The number of carbonyl (C=O) groups is 2. The Balaban J connectivity index is 2.16. The lowest BCUT2D eigenvalue weighted by molar-refractivity contribution is 0.0879. The number of benzene rings is 3. The fraction of sp³-hybridized carbons (Fsp3) is 0.385. The Morgan fingerprint density at radius 2 is 1.06 bits per heavy atom. The van der Waals surface area contributed by atoms with Gasteiger partial charge in [-0.25, -0.2) is 9.59 Å². The number of hydrogen-bond acceptors (Lipinski definition) is 6. The Morgan fingerprint density at radius 1 is 0.688 bits per heavy atom. The molecule has 170 valence electrons. The largest absolute Gasteiger partial charge is 0.513 e. The molecule has 0 aliphatic heterocycles. The molecule has 0 aliphatic carbocycles. The van der Waals surface area contributed by atoms with E-state index in [1.54, 1.807) is 0 Å². The minimum absolute atomic E-state index is 0.188. The maximum Gasteiger partial charge on any atom is 0.513 e. The van der Waals surface area contributed by atoms with Gasteiger partial charge in [-0.1, -0.05) is 52.0 Å². The van der Waals surface area contributed by atoms with Crippen molar-refractivity contribution >= 4 is 33.9 Å². The number of hydrogen-bond donors (Lipinski definition) is 0. The van der Waals surface area contributed by atoms with Crippen LogP contribution in [0.2, 0.25) is 0 Å². The molecule has 0 radical (unpaired) electrons. The summed E-state index contributed by atoms with van der Waals surface area (Å²) in [5, 5.41) is 2.58. The summed E-state index contributed by atoms with van der Waals surface area (Å²) in [4.78, 5) is 24.8. The van der Waals surface area contributed by atoms with Gasteiger partial charge < -0.3 is 18.9 Å². The van der Waals surface area contributed by atoms with Crippen molar-refractivity contribution < 1.29 is 28.5 Å². The standard InChI is InChI=1S/C26H30O6/c1-15(2)13-29-25(27)31-23-19-9-7-8-10-20(19)24(32-26(28)30-14-16(3)4)22-12-18(6)17(5)11-21(22)23/h7-12,15-16H,13-14H2,1-6H3. The van der Waals surface area contributed by atoms with Gasteiger partial charge in [0.25, 0.3) is 0 Å². The van der Waals surface area contributed by atoms with Gasteiger partial charge in [-0.15, -0.1) is 0 Å². The van der Waals surface area contributed by atoms with Crippen molar-refractivity contribution in [1.82, 2.24) is 0 Å². The Labute approximate surface area is 188 Å². The fourth-order valence-electron chi connectivity index (χ4n) is 3.28. The van der Waals surface area contributed by atoms with Crippen LogP contribution in [0.5, 0.6) is 11.5 Å². The van der Waals surface area contributed by atoms with Gasteiger partial charge in [0.1, 0.15) is 11.5 Å². The van der Waals surface area contributed by atoms with E-state index in [-0.39, 0.29) is 25.0 Å². The van der Waals surface area contributed by atoms with Crippen LogP contribution < -0.4 is 9.47 Å². The lowest BCUT2D eigenvalue weighted by Crippen LogP contribution is -2.16. The highest BCUT2D eigenvalue weighted by Gasteiger charge is 2.22. The molecular formula is C26H30O6. The predicted molar refractivity (Wildman–Crippen MR) is 125 cm³/mol. The Bertz CT molecular complexity index is 1060. The van der Waals surface area contributed by atoms with Crippen LogP contribution in [0.4, 0.5) is 9.59 Å². The normalized spacial score (nSPS) is 11.2. The quantitative estimate of drug-likeness (QED) is 0.235. The monoisotopic (exact) mass is 438 g/mol. The number of fused-ring (bicyclic) bond motifs is 2. The second-order valence-corrected chi connectivity index (χ2v) is 8.80. The summed E-state index contributed by atoms with van der Waals surface area (Å²) in [5.41, 5.74) is 2.03. The minimum Gasteiger partial charge on any atom is -0.434 e. The topological polar surface area (TPSA) is 71.1 Å². The maximum absolute atomic E-state index is 12.4. The molecule has 0 fully saturated rings. The van der Waals surface area contributed by atoms with E-state index in [4.69, 9.17) is 18.9 Å². The average molecular weight is 439 g/mol. The molecule has 0 unspecified atom stereocenters. The predicted octanol–water partition coefficient (Wildman–Crippen LogP) is 6.95. The minimum atomic E-state index is -0.770. The lowest BCUT2D eigenvalue weighted by Gasteiger charge is -2.18. The zero-order valence-corrected chi connectivity index (χ0v) is 19.5. The van der Waals surface area contributed by atoms with Crippen molar-refractivity contribution in [1.29, 1.82) is 0 Å². The summed E-state index contributed by atoms with van der Waals surface area (Å²) < 4.78 is 21.9. The van der Waals surface area contributed by atoms with Crippen LogP contribution in [0.3, 0.4) is 0 Å². The summed E-state index contributed by atoms with van der Waals surface area (Å²) in [6.07, 6.45) is -1.54. The summed E-state index contributed by atoms with van der Waals surface area (Å²) in [7, 11) is 0. The Hall–Kier alpha value is -3.28. The smallest absolute Gasteiger partial charge is 0.434 e. The molecule has 0 saturated heterocycles. The molecule has 3 aromatic rings. The van der Waals surface area contributed by atoms with Crippen molar-refractivity contribution in [2.75, 3.05) is 13.2 Å². The van der Waals surface area contributed by atoms with Crippen LogP contribution in [0.15, 0.2) is 36.4 Å². The first-order chi connectivity index (χ1) is 15.2. The van der Waals surface area contributed by atoms with Crippen LogP contribution in [-0.2, 0) is 9.47 Å². The molecule has 0 aliphatic rings. The second-order valence-electron chi connectivity index (χ2n) is 8.80. The number of aryl methyl sites for hydroxylation is 2. The van der Waals surface area contributed by atoms with Crippen molar-refractivity contribution in [3.8, 4) is 11.5 Å². The summed E-state index contributed by atoms with van der Waals surface area (Å²) in [5.74, 6) is 1.12. The van der Waals surface area contributed by atoms with Gasteiger partial charge in [-0.2, -0.15) is 0 Å². The maximum atomic E-state index is 12.4. The summed E-state index contributed by atoms with van der Waals surface area (Å²) >= 11 is 0. The highest BCUT2D eigenvalue weighted by atomic mass is 16.7. The van der Waals surface area contributed by atoms with Crippen LogP contribution >= 0.6 is 0 Å². The van der Waals surface area contributed by atoms with Crippen molar-refractivity contribution in [3.05, 3.63) is 47.5 Å². The van der Waals surface area contributed by atoms with E-state index in [1.807, 2.05) is 77.9 Å². The summed E-state index contributed by atoms with van der Waals surface area (Å²) in [6.45, 7) is 12.3. The molecule has 32 heavy (non-hydrogen) atoms. The Kier molecular flexibility index (Phi) is 7.23. The van der Waals surface area contributed by atoms with E-state index >= 15 is 0 Å². The number of carbonyl (C=O) groups excluding carboxylic acids is 2. The van der Waals surface area contributed by atoms with Crippen molar-refractivity contribution in [3.63, 3.8) is 0 Å². The van der Waals surface area contributed by atoms with Crippen LogP contribution in [-0.4, -0.2) is 25.5 Å². The van der Waals surface area contributed by atoms with E-state index in [2.05, 4.69) is 0 Å². The first kappa shape index (κ1) is 23.4.